The summed E-state index contributed by atoms with van der Waals surface area (Å²) in [6, 6.07) is 23.7. The predicted molar refractivity (Wildman–Crippen MR) is 130 cm³/mol. The van der Waals surface area contributed by atoms with Gasteiger partial charge in [0.2, 0.25) is 0 Å². The second-order valence-electron chi connectivity index (χ2n) is 10.1. The molecule has 2 N–H and O–H groups in total. The maximum absolute atomic E-state index is 13.1. The zero-order valence-electron chi connectivity index (χ0n) is 18.8. The van der Waals surface area contributed by atoms with Crippen LogP contribution in [0.3, 0.4) is 0 Å². The van der Waals surface area contributed by atoms with E-state index in [9.17, 15) is 4.79 Å². The third-order valence-electron chi connectivity index (χ3n) is 7.99. The average Bonchev–Trinajstić information content (AvgIpc) is 3.41. The van der Waals surface area contributed by atoms with Crippen LogP contribution in [0.25, 0.3) is 0 Å². The van der Waals surface area contributed by atoms with Crippen molar-refractivity contribution in [1.29, 1.82) is 0 Å². The maximum Gasteiger partial charge on any atom is 0.255 e. The van der Waals surface area contributed by atoms with Gasteiger partial charge in [-0.25, -0.2) is 0 Å². The quantitative estimate of drug-likeness (QED) is 0.484. The van der Waals surface area contributed by atoms with Crippen LogP contribution < -0.4 is 10.6 Å². The van der Waals surface area contributed by atoms with Gasteiger partial charge >= 0.3 is 0 Å². The summed E-state index contributed by atoms with van der Waals surface area (Å²) < 4.78 is 0. The van der Waals surface area contributed by atoms with Gasteiger partial charge in [-0.1, -0.05) is 36.4 Å². The molecule has 3 heteroatoms. The van der Waals surface area contributed by atoms with Crippen molar-refractivity contribution in [3.63, 3.8) is 0 Å². The molecule has 2 saturated carbocycles. The average molecular weight is 423 g/mol. The molecule has 0 spiro atoms. The van der Waals surface area contributed by atoms with E-state index in [0.29, 0.717) is 17.9 Å². The zero-order chi connectivity index (χ0) is 21.8. The van der Waals surface area contributed by atoms with Crippen molar-refractivity contribution in [1.82, 2.24) is 0 Å². The van der Waals surface area contributed by atoms with E-state index in [-0.39, 0.29) is 5.91 Å². The lowest BCUT2D eigenvalue weighted by atomic mass is 9.68. The Balaban J connectivity index is 1.34. The molecule has 1 aliphatic heterocycles. The van der Waals surface area contributed by atoms with Gasteiger partial charge in [-0.15, -0.1) is 0 Å². The molecular formula is C29H30N2O. The number of rotatable bonds is 3. The molecule has 3 aromatic rings. The van der Waals surface area contributed by atoms with Gasteiger partial charge in [-0.3, -0.25) is 4.79 Å². The van der Waals surface area contributed by atoms with Crippen molar-refractivity contribution in [3.05, 3.63) is 94.5 Å². The van der Waals surface area contributed by atoms with Gasteiger partial charge < -0.3 is 10.6 Å². The summed E-state index contributed by atoms with van der Waals surface area (Å²) in [5.74, 6) is 2.66. The van der Waals surface area contributed by atoms with E-state index in [1.165, 1.54) is 36.1 Å². The van der Waals surface area contributed by atoms with Gasteiger partial charge in [0.15, 0.2) is 0 Å². The third kappa shape index (κ3) is 3.23. The fraction of sp³-hybridized carbons (Fsp3) is 0.345. The second-order valence-corrected chi connectivity index (χ2v) is 10.1. The largest absolute Gasteiger partial charge is 0.378 e. The first kappa shape index (κ1) is 19.6. The number of amides is 1. The first-order chi connectivity index (χ1) is 15.6. The Hall–Kier alpha value is -3.07. The Morgan fingerprint density at radius 1 is 0.906 bits per heavy atom. The first-order valence-electron chi connectivity index (χ1n) is 11.9. The molecule has 2 bridgehead atoms. The molecule has 0 aromatic heterocycles. The highest BCUT2D eigenvalue weighted by atomic mass is 16.1. The van der Waals surface area contributed by atoms with Crippen LogP contribution in [0, 0.1) is 31.6 Å². The van der Waals surface area contributed by atoms with Gasteiger partial charge in [-0.2, -0.15) is 0 Å². The van der Waals surface area contributed by atoms with E-state index in [4.69, 9.17) is 0 Å². The van der Waals surface area contributed by atoms with E-state index in [1.807, 2.05) is 18.2 Å². The summed E-state index contributed by atoms with van der Waals surface area (Å²) in [4.78, 5) is 13.1. The molecule has 1 amide bonds. The molecule has 0 radical (unpaired) electrons. The SMILES string of the molecule is Cc1cc(C)cc(NC(=O)c2ccc3c(c2)[C@@H]2[C@H]4CC[C@@H](C4)[C@H]2[C@H](c2ccccc2)N3)c1. The van der Waals surface area contributed by atoms with Crippen molar-refractivity contribution in [3.8, 4) is 0 Å². The van der Waals surface area contributed by atoms with Crippen molar-refractivity contribution >= 4 is 17.3 Å². The fourth-order valence-electron chi connectivity index (χ4n) is 6.87. The molecule has 2 fully saturated rings. The number of hydrogen-bond donors (Lipinski definition) is 2. The number of anilines is 2. The minimum absolute atomic E-state index is 0.0253. The van der Waals surface area contributed by atoms with Gasteiger partial charge in [0.25, 0.3) is 5.91 Å². The summed E-state index contributed by atoms with van der Waals surface area (Å²) in [6.07, 6.45) is 4.00. The number of nitrogens with one attached hydrogen (secondary N) is 2. The highest BCUT2D eigenvalue weighted by molar-refractivity contribution is 6.04. The Bertz CT molecular complexity index is 1160. The number of carbonyl (C=O) groups excluding carboxylic acids is 1. The smallest absolute Gasteiger partial charge is 0.255 e. The molecule has 6 rings (SSSR count). The maximum atomic E-state index is 13.1. The molecule has 2 aliphatic carbocycles. The number of fused-ring (bicyclic) bond motifs is 7. The molecule has 3 nitrogen and oxygen atoms in total. The summed E-state index contributed by atoms with van der Waals surface area (Å²) in [5, 5.41) is 6.98. The zero-order valence-corrected chi connectivity index (χ0v) is 18.8. The molecule has 3 aromatic carbocycles. The van der Waals surface area contributed by atoms with E-state index in [0.717, 1.165) is 34.2 Å². The topological polar surface area (TPSA) is 41.1 Å². The van der Waals surface area contributed by atoms with Crippen molar-refractivity contribution in [2.75, 3.05) is 10.6 Å². The Labute approximate surface area is 190 Å². The fourth-order valence-corrected chi connectivity index (χ4v) is 6.87. The van der Waals surface area contributed by atoms with Crippen LogP contribution in [-0.4, -0.2) is 5.91 Å². The summed E-state index contributed by atoms with van der Waals surface area (Å²) >= 11 is 0. The van der Waals surface area contributed by atoms with E-state index >= 15 is 0 Å². The van der Waals surface area contributed by atoms with Crippen LogP contribution in [0.5, 0.6) is 0 Å². The van der Waals surface area contributed by atoms with E-state index in [1.54, 1.807) is 0 Å². The van der Waals surface area contributed by atoms with E-state index < -0.39 is 0 Å². The minimum Gasteiger partial charge on any atom is -0.378 e. The van der Waals surface area contributed by atoms with Crippen LogP contribution in [0.2, 0.25) is 0 Å². The first-order valence-corrected chi connectivity index (χ1v) is 11.9. The predicted octanol–water partition coefficient (Wildman–Crippen LogP) is 6.85. The van der Waals surface area contributed by atoms with Crippen LogP contribution in [-0.2, 0) is 0 Å². The number of hydrogen-bond acceptors (Lipinski definition) is 2. The molecule has 162 valence electrons. The standard InChI is InChI=1S/C29H30N2O/c1-17-12-18(2)14-23(13-17)30-29(32)22-10-11-25-24(16-22)26-20-8-9-21(15-20)27(26)28(31-25)19-6-4-3-5-7-19/h3-7,10-14,16,20-21,26-28,31H,8-9,15H2,1-2H3,(H,30,32)/t20-,21-,26-,27+,28-/m0/s1. The summed E-state index contributed by atoms with van der Waals surface area (Å²) in [5.41, 5.74) is 7.88. The molecule has 3 aliphatic rings. The lowest BCUT2D eigenvalue weighted by molar-refractivity contribution is 0.102. The highest BCUT2D eigenvalue weighted by Crippen LogP contribution is 2.63. The number of carbonyl (C=O) groups is 1. The molecule has 5 atom stereocenters. The number of aryl methyl sites for hydroxylation is 2. The Morgan fingerprint density at radius 3 is 2.44 bits per heavy atom. The van der Waals surface area contributed by atoms with Gasteiger partial charge in [-0.05, 0) is 109 Å². The van der Waals surface area contributed by atoms with Gasteiger partial charge in [0.05, 0.1) is 6.04 Å². The van der Waals surface area contributed by atoms with Crippen LogP contribution in [0.15, 0.2) is 66.7 Å². The van der Waals surface area contributed by atoms with Crippen LogP contribution in [0.4, 0.5) is 11.4 Å². The van der Waals surface area contributed by atoms with Crippen molar-refractivity contribution in [2.24, 2.45) is 17.8 Å². The Morgan fingerprint density at radius 2 is 1.66 bits per heavy atom. The minimum atomic E-state index is -0.0253. The molecule has 32 heavy (non-hydrogen) atoms. The summed E-state index contributed by atoms with van der Waals surface area (Å²) in [6.45, 7) is 4.12. The van der Waals surface area contributed by atoms with Crippen molar-refractivity contribution < 1.29 is 4.79 Å². The second kappa shape index (κ2) is 7.51. The molecular weight excluding hydrogens is 392 g/mol. The molecule has 0 saturated heterocycles. The normalized spacial score (nSPS) is 27.4. The monoisotopic (exact) mass is 422 g/mol. The molecule has 1 heterocycles. The molecule has 0 unspecified atom stereocenters. The number of benzene rings is 3. The van der Waals surface area contributed by atoms with Crippen LogP contribution in [0.1, 0.15) is 63.8 Å². The van der Waals surface area contributed by atoms with Gasteiger partial charge in [0, 0.05) is 16.9 Å². The summed E-state index contributed by atoms with van der Waals surface area (Å²) in [7, 11) is 0. The lowest BCUT2D eigenvalue weighted by Crippen LogP contribution is -2.35. The van der Waals surface area contributed by atoms with Crippen LogP contribution >= 0.6 is 0 Å². The van der Waals surface area contributed by atoms with Crippen molar-refractivity contribution in [2.45, 2.75) is 45.1 Å². The van der Waals surface area contributed by atoms with E-state index in [2.05, 4.69) is 73.0 Å². The lowest BCUT2D eigenvalue weighted by Gasteiger charge is -2.43. The Kier molecular flexibility index (Phi) is 4.60. The highest BCUT2D eigenvalue weighted by Gasteiger charge is 2.53. The third-order valence-corrected chi connectivity index (χ3v) is 7.99. The van der Waals surface area contributed by atoms with Gasteiger partial charge in [0.1, 0.15) is 0 Å².